The van der Waals surface area contributed by atoms with E-state index < -0.39 is 0 Å². The van der Waals surface area contributed by atoms with Crippen LogP contribution in [0.2, 0.25) is 0 Å². The number of hydrogen-bond acceptors (Lipinski definition) is 4. The van der Waals surface area contributed by atoms with Crippen molar-refractivity contribution in [3.8, 4) is 0 Å². The van der Waals surface area contributed by atoms with Gasteiger partial charge in [0.2, 0.25) is 5.91 Å². The van der Waals surface area contributed by atoms with Gasteiger partial charge in [-0.25, -0.2) is 4.98 Å². The lowest BCUT2D eigenvalue weighted by Gasteiger charge is -2.10. The lowest BCUT2D eigenvalue weighted by Crippen LogP contribution is -2.16. The van der Waals surface area contributed by atoms with Gasteiger partial charge in [-0.05, 0) is 23.6 Å². The summed E-state index contributed by atoms with van der Waals surface area (Å²) in [5, 5.41) is 11.6. The number of aliphatic hydroxyl groups is 1. The monoisotopic (exact) mass is 296 g/mol. The molecular formula is C15H24N2O2S. The number of carbonyl (C=O) groups excluding carboxylic acids is 1. The maximum Gasteiger partial charge on any atom is 0.225 e. The molecule has 0 saturated carbocycles. The summed E-state index contributed by atoms with van der Waals surface area (Å²) in [6.45, 7) is 4.41. The third kappa shape index (κ3) is 6.91. The van der Waals surface area contributed by atoms with Crippen molar-refractivity contribution in [3.63, 3.8) is 0 Å². The molecule has 0 aliphatic heterocycles. The van der Waals surface area contributed by atoms with Crippen molar-refractivity contribution < 1.29 is 9.90 Å². The molecule has 0 saturated heterocycles. The van der Waals surface area contributed by atoms with E-state index in [-0.39, 0.29) is 12.5 Å². The molecule has 2 N–H and O–H groups in total. The molecule has 112 valence electrons. The van der Waals surface area contributed by atoms with Crippen molar-refractivity contribution in [2.75, 3.05) is 17.7 Å². The summed E-state index contributed by atoms with van der Waals surface area (Å²) in [4.78, 5) is 16.1. The number of aromatic nitrogens is 1. The van der Waals surface area contributed by atoms with Crippen LogP contribution in [0, 0.1) is 5.92 Å². The van der Waals surface area contributed by atoms with Crippen LogP contribution in [0.5, 0.6) is 0 Å². The first kappa shape index (κ1) is 17.0. The molecule has 1 heterocycles. The molecule has 0 radical (unpaired) electrons. The van der Waals surface area contributed by atoms with Crippen molar-refractivity contribution >= 4 is 23.5 Å². The van der Waals surface area contributed by atoms with Crippen molar-refractivity contribution in [1.82, 2.24) is 4.98 Å². The molecule has 0 aliphatic rings. The van der Waals surface area contributed by atoms with Crippen molar-refractivity contribution in [2.45, 2.75) is 38.9 Å². The highest BCUT2D eigenvalue weighted by molar-refractivity contribution is 7.98. The molecule has 1 aromatic rings. The first-order valence-corrected chi connectivity index (χ1v) is 8.24. The largest absolute Gasteiger partial charge is 0.396 e. The van der Waals surface area contributed by atoms with Crippen LogP contribution < -0.4 is 5.32 Å². The fraction of sp³-hybridized carbons (Fsp3) is 0.600. The summed E-state index contributed by atoms with van der Waals surface area (Å²) in [7, 11) is 0. The minimum atomic E-state index is 0.0265. The number of carbonyl (C=O) groups is 1. The Kier molecular flexibility index (Phi) is 8.30. The smallest absolute Gasteiger partial charge is 0.225 e. The third-order valence-corrected chi connectivity index (χ3v) is 3.92. The summed E-state index contributed by atoms with van der Waals surface area (Å²) in [5.74, 6) is 2.58. The van der Waals surface area contributed by atoms with Crippen molar-refractivity contribution in [2.24, 2.45) is 5.92 Å². The number of pyridine rings is 1. The predicted molar refractivity (Wildman–Crippen MR) is 84.8 cm³/mol. The summed E-state index contributed by atoms with van der Waals surface area (Å²) < 4.78 is 0. The minimum Gasteiger partial charge on any atom is -0.396 e. The molecule has 0 spiro atoms. The normalized spacial score (nSPS) is 12.2. The number of amides is 1. The Labute approximate surface area is 125 Å². The van der Waals surface area contributed by atoms with E-state index in [2.05, 4.69) is 24.1 Å². The molecule has 1 unspecified atom stereocenters. The number of anilines is 1. The third-order valence-electron chi connectivity index (χ3n) is 2.91. The van der Waals surface area contributed by atoms with E-state index in [0.29, 0.717) is 18.2 Å². The van der Waals surface area contributed by atoms with Gasteiger partial charge in [0.1, 0.15) is 5.82 Å². The molecule has 4 nitrogen and oxygen atoms in total. The minimum absolute atomic E-state index is 0.0265. The quantitative estimate of drug-likeness (QED) is 0.687. The van der Waals surface area contributed by atoms with Crippen molar-refractivity contribution in [3.05, 3.63) is 23.9 Å². The summed E-state index contributed by atoms with van der Waals surface area (Å²) >= 11 is 1.66. The van der Waals surface area contributed by atoms with E-state index in [1.807, 2.05) is 12.1 Å². The highest BCUT2D eigenvalue weighted by Crippen LogP contribution is 2.15. The number of nitrogens with one attached hydrogen (secondary N) is 1. The number of thioether (sulfide) groups is 1. The molecule has 1 atom stereocenters. The zero-order chi connectivity index (χ0) is 14.8. The molecule has 5 heteroatoms. The van der Waals surface area contributed by atoms with Gasteiger partial charge in [0.05, 0.1) is 6.61 Å². The van der Waals surface area contributed by atoms with Crippen LogP contribution in [0.3, 0.4) is 0 Å². The van der Waals surface area contributed by atoms with Crippen LogP contribution in [-0.2, 0) is 10.5 Å². The van der Waals surface area contributed by atoms with Gasteiger partial charge < -0.3 is 10.4 Å². The van der Waals surface area contributed by atoms with Crippen LogP contribution >= 0.6 is 11.8 Å². The molecule has 0 aromatic carbocycles. The fourth-order valence-corrected chi connectivity index (χ4v) is 2.68. The lowest BCUT2D eigenvalue weighted by atomic mass is 10.0. The van der Waals surface area contributed by atoms with Gasteiger partial charge >= 0.3 is 0 Å². The molecule has 0 fully saturated rings. The second-order valence-corrected chi connectivity index (χ2v) is 6.08. The first-order valence-electron chi connectivity index (χ1n) is 7.09. The maximum atomic E-state index is 11.9. The highest BCUT2D eigenvalue weighted by Gasteiger charge is 2.09. The topological polar surface area (TPSA) is 62.2 Å². The van der Waals surface area contributed by atoms with Gasteiger partial charge in [-0.2, -0.15) is 11.8 Å². The first-order chi connectivity index (χ1) is 9.65. The lowest BCUT2D eigenvalue weighted by molar-refractivity contribution is -0.117. The Hall–Kier alpha value is -1.07. The molecule has 0 aliphatic carbocycles. The van der Waals surface area contributed by atoms with Crippen LogP contribution in [-0.4, -0.2) is 28.4 Å². The van der Waals surface area contributed by atoms with E-state index in [9.17, 15) is 4.79 Å². The van der Waals surface area contributed by atoms with E-state index in [0.717, 1.165) is 29.9 Å². The van der Waals surface area contributed by atoms with Gasteiger partial charge in [-0.3, -0.25) is 4.79 Å². The summed E-state index contributed by atoms with van der Waals surface area (Å²) in [6.07, 6.45) is 4.42. The number of aliphatic hydroxyl groups excluding tert-OH is 1. The summed E-state index contributed by atoms with van der Waals surface area (Å²) in [5.41, 5.74) is 1.11. The van der Waals surface area contributed by atoms with Gasteiger partial charge in [0.15, 0.2) is 0 Å². The van der Waals surface area contributed by atoms with Crippen molar-refractivity contribution in [1.29, 1.82) is 0 Å². The Morgan fingerprint density at radius 3 is 3.05 bits per heavy atom. The van der Waals surface area contributed by atoms with E-state index in [1.54, 1.807) is 18.0 Å². The van der Waals surface area contributed by atoms with Gasteiger partial charge in [0.25, 0.3) is 0 Å². The van der Waals surface area contributed by atoms with Crippen LogP contribution in [0.1, 0.15) is 38.7 Å². The zero-order valence-electron chi connectivity index (χ0n) is 12.3. The molecular weight excluding hydrogens is 272 g/mol. The highest BCUT2D eigenvalue weighted by atomic mass is 32.2. The Morgan fingerprint density at radius 2 is 2.35 bits per heavy atom. The molecule has 20 heavy (non-hydrogen) atoms. The average Bonchev–Trinajstić information content (AvgIpc) is 2.39. The van der Waals surface area contributed by atoms with Crippen LogP contribution in [0.15, 0.2) is 18.3 Å². The predicted octanol–water partition coefficient (Wildman–Crippen LogP) is 3.07. The van der Waals surface area contributed by atoms with Gasteiger partial charge in [0, 0.05) is 24.1 Å². The standard InChI is InChI=1S/C15H24N2O2S/c1-3-4-12(2)9-15(19)17-14-10-13(5-6-16-14)11-20-8-7-18/h5-6,10,12,18H,3-4,7-9,11H2,1-2H3,(H,16,17,19). The Balaban J connectivity index is 2.46. The Morgan fingerprint density at radius 1 is 1.55 bits per heavy atom. The molecule has 0 bridgehead atoms. The zero-order valence-corrected chi connectivity index (χ0v) is 13.1. The van der Waals surface area contributed by atoms with Gasteiger partial charge in [-0.15, -0.1) is 0 Å². The van der Waals surface area contributed by atoms with E-state index >= 15 is 0 Å². The number of hydrogen-bond donors (Lipinski definition) is 2. The van der Waals surface area contributed by atoms with Crippen LogP contribution in [0.4, 0.5) is 5.82 Å². The van der Waals surface area contributed by atoms with Crippen LogP contribution in [0.25, 0.3) is 0 Å². The maximum absolute atomic E-state index is 11.9. The molecule has 1 amide bonds. The van der Waals surface area contributed by atoms with Gasteiger partial charge in [-0.1, -0.05) is 26.7 Å². The fourth-order valence-electron chi connectivity index (χ4n) is 1.99. The average molecular weight is 296 g/mol. The van der Waals surface area contributed by atoms with E-state index in [4.69, 9.17) is 5.11 Å². The Bertz CT molecular complexity index is 413. The number of nitrogens with zero attached hydrogens (tertiary/aromatic N) is 1. The SMILES string of the molecule is CCCC(C)CC(=O)Nc1cc(CSCCO)ccn1. The molecule has 1 aromatic heterocycles. The molecule has 1 rings (SSSR count). The number of rotatable bonds is 9. The van der Waals surface area contributed by atoms with E-state index in [1.165, 1.54) is 0 Å². The second-order valence-electron chi connectivity index (χ2n) is 4.97. The second kappa shape index (κ2) is 9.77. The summed E-state index contributed by atoms with van der Waals surface area (Å²) in [6, 6.07) is 3.83.